The third kappa shape index (κ3) is 4.75. The number of ether oxygens (including phenoxy) is 1. The number of carbonyl (C=O) groups is 2. The summed E-state index contributed by atoms with van der Waals surface area (Å²) in [6.07, 6.45) is 1.51. The van der Waals surface area contributed by atoms with E-state index in [4.69, 9.17) is 39.5 Å². The summed E-state index contributed by atoms with van der Waals surface area (Å²) in [7, 11) is 0. The molecule has 1 aliphatic rings. The number of rotatable bonds is 5. The maximum atomic E-state index is 12.8. The van der Waals surface area contributed by atoms with Crippen molar-refractivity contribution >= 4 is 58.5 Å². The van der Waals surface area contributed by atoms with Gasteiger partial charge >= 0.3 is 6.03 Å². The SMILES string of the molecule is Cc1cccc(COc2c(Cl)cc(/C=C3/NC(=O)N(c4cccc(Cl)c4)C3=O)cc2Cl)c1. The van der Waals surface area contributed by atoms with Crippen LogP contribution in [0, 0.1) is 6.92 Å². The molecule has 0 spiro atoms. The predicted molar refractivity (Wildman–Crippen MR) is 127 cm³/mol. The molecular formula is C24H17Cl3N2O3. The fourth-order valence-electron chi connectivity index (χ4n) is 3.31. The molecule has 1 N–H and O–H groups in total. The second-order valence-electron chi connectivity index (χ2n) is 7.20. The van der Waals surface area contributed by atoms with Crippen molar-refractivity contribution < 1.29 is 14.3 Å². The Hall–Kier alpha value is -2.99. The van der Waals surface area contributed by atoms with Gasteiger partial charge in [0.2, 0.25) is 0 Å². The molecule has 1 aliphatic heterocycles. The van der Waals surface area contributed by atoms with Crippen LogP contribution in [0.25, 0.3) is 6.08 Å². The number of amides is 3. The molecule has 0 unspecified atom stereocenters. The maximum absolute atomic E-state index is 12.8. The normalized spacial score (nSPS) is 14.8. The van der Waals surface area contributed by atoms with Crippen molar-refractivity contribution in [3.8, 4) is 5.75 Å². The number of hydrogen-bond donors (Lipinski definition) is 1. The van der Waals surface area contributed by atoms with Gasteiger partial charge in [0.25, 0.3) is 5.91 Å². The fourth-order valence-corrected chi connectivity index (χ4v) is 4.11. The molecule has 1 saturated heterocycles. The van der Waals surface area contributed by atoms with Crippen molar-refractivity contribution in [2.24, 2.45) is 0 Å². The average Bonchev–Trinajstić information content (AvgIpc) is 3.00. The van der Waals surface area contributed by atoms with Gasteiger partial charge in [0, 0.05) is 5.02 Å². The van der Waals surface area contributed by atoms with Gasteiger partial charge < -0.3 is 10.1 Å². The number of carbonyl (C=O) groups excluding carboxylic acids is 2. The summed E-state index contributed by atoms with van der Waals surface area (Å²) >= 11 is 18.8. The Bertz CT molecular complexity index is 1230. The summed E-state index contributed by atoms with van der Waals surface area (Å²) in [4.78, 5) is 26.2. The van der Waals surface area contributed by atoms with Crippen LogP contribution in [0.1, 0.15) is 16.7 Å². The Labute approximate surface area is 200 Å². The van der Waals surface area contributed by atoms with E-state index in [9.17, 15) is 9.59 Å². The highest BCUT2D eigenvalue weighted by Gasteiger charge is 2.35. The monoisotopic (exact) mass is 486 g/mol. The summed E-state index contributed by atoms with van der Waals surface area (Å²) in [6.45, 7) is 2.31. The first-order valence-corrected chi connectivity index (χ1v) is 10.8. The van der Waals surface area contributed by atoms with E-state index in [0.717, 1.165) is 16.0 Å². The molecule has 0 aromatic heterocycles. The minimum absolute atomic E-state index is 0.0931. The zero-order chi connectivity index (χ0) is 22.8. The first kappa shape index (κ1) is 22.2. The zero-order valence-electron chi connectivity index (χ0n) is 16.9. The van der Waals surface area contributed by atoms with Crippen LogP contribution in [-0.2, 0) is 11.4 Å². The first-order valence-electron chi connectivity index (χ1n) is 9.62. The molecule has 3 aromatic carbocycles. The van der Waals surface area contributed by atoms with Crippen LogP contribution in [0.2, 0.25) is 15.1 Å². The summed E-state index contributed by atoms with van der Waals surface area (Å²) in [5.41, 5.74) is 3.12. The molecule has 5 nitrogen and oxygen atoms in total. The van der Waals surface area contributed by atoms with Gasteiger partial charge in [-0.1, -0.05) is 70.7 Å². The quantitative estimate of drug-likeness (QED) is 0.324. The van der Waals surface area contributed by atoms with Crippen LogP contribution in [0.5, 0.6) is 5.75 Å². The van der Waals surface area contributed by atoms with Gasteiger partial charge in [-0.2, -0.15) is 0 Å². The highest BCUT2D eigenvalue weighted by atomic mass is 35.5. The van der Waals surface area contributed by atoms with E-state index in [-0.39, 0.29) is 5.70 Å². The molecule has 162 valence electrons. The van der Waals surface area contributed by atoms with Crippen LogP contribution in [0.4, 0.5) is 10.5 Å². The Kier molecular flexibility index (Phi) is 6.42. The third-order valence-electron chi connectivity index (χ3n) is 4.74. The van der Waals surface area contributed by atoms with E-state index in [2.05, 4.69) is 5.32 Å². The van der Waals surface area contributed by atoms with Crippen molar-refractivity contribution in [2.75, 3.05) is 4.90 Å². The molecule has 0 bridgehead atoms. The molecule has 8 heteroatoms. The molecule has 0 radical (unpaired) electrons. The average molecular weight is 488 g/mol. The largest absolute Gasteiger partial charge is 0.486 e. The number of hydrogen-bond acceptors (Lipinski definition) is 3. The van der Waals surface area contributed by atoms with Crippen LogP contribution in [0.15, 0.2) is 66.4 Å². The van der Waals surface area contributed by atoms with E-state index >= 15 is 0 Å². The van der Waals surface area contributed by atoms with Gasteiger partial charge in [-0.05, 0) is 54.5 Å². The highest BCUT2D eigenvalue weighted by molar-refractivity contribution is 6.37. The number of benzene rings is 3. The van der Waals surface area contributed by atoms with Crippen LogP contribution < -0.4 is 15.0 Å². The lowest BCUT2D eigenvalue weighted by molar-refractivity contribution is -0.113. The summed E-state index contributed by atoms with van der Waals surface area (Å²) in [5, 5.41) is 3.56. The molecule has 0 saturated carbocycles. The lowest BCUT2D eigenvalue weighted by Gasteiger charge is -2.12. The lowest BCUT2D eigenvalue weighted by atomic mass is 10.1. The van der Waals surface area contributed by atoms with Gasteiger partial charge in [-0.3, -0.25) is 4.79 Å². The number of halogens is 3. The number of urea groups is 1. The van der Waals surface area contributed by atoms with E-state index in [1.54, 1.807) is 30.3 Å². The zero-order valence-corrected chi connectivity index (χ0v) is 19.1. The number of nitrogens with one attached hydrogen (secondary N) is 1. The standard InChI is InChI=1S/C24H17Cl3N2O3/c1-14-4-2-5-15(8-14)13-32-22-19(26)9-16(10-20(22)27)11-21-23(30)29(24(31)28-21)18-7-3-6-17(25)12-18/h2-12H,13H2,1H3,(H,28,31)/b21-11+. The van der Waals surface area contributed by atoms with E-state index in [1.165, 1.54) is 12.1 Å². The lowest BCUT2D eigenvalue weighted by Crippen LogP contribution is -2.30. The molecule has 3 aromatic rings. The number of anilines is 1. The van der Waals surface area contributed by atoms with Gasteiger partial charge in [-0.25, -0.2) is 9.69 Å². The Morgan fingerprint density at radius 2 is 1.69 bits per heavy atom. The van der Waals surface area contributed by atoms with Crippen molar-refractivity contribution in [3.63, 3.8) is 0 Å². The van der Waals surface area contributed by atoms with Gasteiger partial charge in [-0.15, -0.1) is 0 Å². The molecule has 32 heavy (non-hydrogen) atoms. The number of aryl methyl sites for hydroxylation is 1. The first-order chi connectivity index (χ1) is 15.3. The highest BCUT2D eigenvalue weighted by Crippen LogP contribution is 2.36. The van der Waals surface area contributed by atoms with E-state index < -0.39 is 11.9 Å². The second kappa shape index (κ2) is 9.25. The van der Waals surface area contributed by atoms with E-state index in [0.29, 0.717) is 38.7 Å². The maximum Gasteiger partial charge on any atom is 0.333 e. The van der Waals surface area contributed by atoms with Crippen molar-refractivity contribution in [2.45, 2.75) is 13.5 Å². The van der Waals surface area contributed by atoms with Gasteiger partial charge in [0.05, 0.1) is 15.7 Å². The summed E-state index contributed by atoms with van der Waals surface area (Å²) in [6, 6.07) is 17.1. The minimum Gasteiger partial charge on any atom is -0.486 e. The molecule has 0 aliphatic carbocycles. The topological polar surface area (TPSA) is 58.6 Å². The van der Waals surface area contributed by atoms with Crippen molar-refractivity contribution in [1.29, 1.82) is 0 Å². The van der Waals surface area contributed by atoms with Crippen molar-refractivity contribution in [3.05, 3.63) is 98.1 Å². The predicted octanol–water partition coefficient (Wildman–Crippen LogP) is 6.63. The summed E-state index contributed by atoms with van der Waals surface area (Å²) < 4.78 is 5.82. The molecular weight excluding hydrogens is 471 g/mol. The van der Waals surface area contributed by atoms with E-state index in [1.807, 2.05) is 31.2 Å². The molecule has 3 amide bonds. The fraction of sp³-hybridized carbons (Fsp3) is 0.0833. The Morgan fingerprint density at radius 3 is 2.38 bits per heavy atom. The Morgan fingerprint density at radius 1 is 0.969 bits per heavy atom. The summed E-state index contributed by atoms with van der Waals surface area (Å²) in [5.74, 6) is -0.163. The minimum atomic E-state index is -0.571. The number of imide groups is 1. The van der Waals surface area contributed by atoms with Crippen LogP contribution >= 0.6 is 34.8 Å². The van der Waals surface area contributed by atoms with Crippen LogP contribution in [0.3, 0.4) is 0 Å². The molecule has 4 rings (SSSR count). The molecule has 1 fully saturated rings. The number of nitrogens with zero attached hydrogens (tertiary/aromatic N) is 1. The second-order valence-corrected chi connectivity index (χ2v) is 8.45. The smallest absolute Gasteiger partial charge is 0.333 e. The van der Waals surface area contributed by atoms with Crippen molar-refractivity contribution in [1.82, 2.24) is 5.32 Å². The van der Waals surface area contributed by atoms with Gasteiger partial charge in [0.1, 0.15) is 12.3 Å². The third-order valence-corrected chi connectivity index (χ3v) is 5.54. The molecule has 0 atom stereocenters. The van der Waals surface area contributed by atoms with Crippen LogP contribution in [-0.4, -0.2) is 11.9 Å². The Balaban J connectivity index is 1.55. The van der Waals surface area contributed by atoms with Gasteiger partial charge in [0.15, 0.2) is 5.75 Å². The molecule has 1 heterocycles.